The molecule has 1 fully saturated rings. The van der Waals surface area contributed by atoms with Crippen LogP contribution in [0.5, 0.6) is 0 Å². The number of rotatable bonds is 5. The first-order chi connectivity index (χ1) is 14.8. The summed E-state index contributed by atoms with van der Waals surface area (Å²) in [5.74, 6) is 0. The second-order valence-electron chi connectivity index (χ2n) is 8.11. The Hall–Kier alpha value is -3.04. The van der Waals surface area contributed by atoms with Crippen LogP contribution in [0.4, 0.5) is 5.69 Å². The summed E-state index contributed by atoms with van der Waals surface area (Å²) in [7, 11) is 0. The van der Waals surface area contributed by atoms with E-state index in [1.54, 1.807) is 0 Å². The summed E-state index contributed by atoms with van der Waals surface area (Å²) < 4.78 is 2.44. The van der Waals surface area contributed by atoms with Gasteiger partial charge in [0.2, 0.25) is 0 Å². The first-order valence-corrected chi connectivity index (χ1v) is 11.0. The minimum atomic E-state index is 0.164. The van der Waals surface area contributed by atoms with E-state index in [-0.39, 0.29) is 6.04 Å². The van der Waals surface area contributed by atoms with E-state index >= 15 is 0 Å². The Morgan fingerprint density at radius 2 is 1.37 bits per heavy atom. The molecule has 3 aromatic carbocycles. The van der Waals surface area contributed by atoms with Gasteiger partial charge in [0.25, 0.3) is 0 Å². The molecule has 30 heavy (non-hydrogen) atoms. The van der Waals surface area contributed by atoms with Gasteiger partial charge in [-0.05, 0) is 41.3 Å². The van der Waals surface area contributed by atoms with Crippen LogP contribution in [-0.4, -0.2) is 42.2 Å². The van der Waals surface area contributed by atoms with Gasteiger partial charge in [-0.3, -0.25) is 0 Å². The SMILES string of the molecule is CCN1CCN(c2ccc3ccn(C(c4ccccc4)c4ccccc4)c3c2)CC1. The molecule has 0 atom stereocenters. The van der Waals surface area contributed by atoms with Crippen molar-refractivity contribution in [2.24, 2.45) is 0 Å². The third-order valence-electron chi connectivity index (χ3n) is 6.40. The Kier molecular flexibility index (Phi) is 5.29. The van der Waals surface area contributed by atoms with Gasteiger partial charge in [-0.1, -0.05) is 73.7 Å². The number of hydrogen-bond acceptors (Lipinski definition) is 2. The first-order valence-electron chi connectivity index (χ1n) is 11.0. The van der Waals surface area contributed by atoms with Gasteiger partial charge in [0.05, 0.1) is 11.6 Å². The highest BCUT2D eigenvalue weighted by molar-refractivity contribution is 5.84. The quantitative estimate of drug-likeness (QED) is 0.447. The fourth-order valence-electron chi connectivity index (χ4n) is 4.67. The van der Waals surface area contributed by atoms with Gasteiger partial charge in [0, 0.05) is 38.1 Å². The molecule has 152 valence electrons. The summed E-state index contributed by atoms with van der Waals surface area (Å²) in [5.41, 5.74) is 5.24. The van der Waals surface area contributed by atoms with E-state index in [9.17, 15) is 0 Å². The molecule has 1 aliphatic rings. The topological polar surface area (TPSA) is 11.4 Å². The standard InChI is InChI=1S/C27H29N3/c1-2-28-17-19-29(20-18-28)25-14-13-22-15-16-30(26(22)21-25)27(23-9-5-3-6-10-23)24-11-7-4-8-12-24/h3-16,21,27H,2,17-20H2,1H3. The molecule has 1 saturated heterocycles. The molecule has 5 rings (SSSR count). The van der Waals surface area contributed by atoms with Crippen LogP contribution < -0.4 is 4.90 Å². The van der Waals surface area contributed by atoms with Crippen molar-refractivity contribution in [1.29, 1.82) is 0 Å². The van der Waals surface area contributed by atoms with Gasteiger partial charge >= 0.3 is 0 Å². The number of piperazine rings is 1. The van der Waals surface area contributed by atoms with E-state index in [1.165, 1.54) is 27.7 Å². The van der Waals surface area contributed by atoms with Crippen LogP contribution in [0.3, 0.4) is 0 Å². The van der Waals surface area contributed by atoms with Crippen LogP contribution in [0.15, 0.2) is 91.1 Å². The fourth-order valence-corrected chi connectivity index (χ4v) is 4.67. The van der Waals surface area contributed by atoms with Crippen LogP contribution in [-0.2, 0) is 0 Å². The molecule has 1 aliphatic heterocycles. The third kappa shape index (κ3) is 3.61. The second-order valence-corrected chi connectivity index (χ2v) is 8.11. The zero-order valence-corrected chi connectivity index (χ0v) is 17.6. The summed E-state index contributed by atoms with van der Waals surface area (Å²) in [6.45, 7) is 7.88. The van der Waals surface area contributed by atoms with Gasteiger partial charge < -0.3 is 14.4 Å². The molecule has 0 radical (unpaired) electrons. The summed E-state index contributed by atoms with van der Waals surface area (Å²) in [6, 6.07) is 31.0. The number of fused-ring (bicyclic) bond motifs is 1. The minimum Gasteiger partial charge on any atom is -0.369 e. The maximum atomic E-state index is 2.53. The molecule has 0 N–H and O–H groups in total. The van der Waals surface area contributed by atoms with E-state index in [0.29, 0.717) is 0 Å². The molecule has 0 spiro atoms. The fraction of sp³-hybridized carbons (Fsp3) is 0.259. The van der Waals surface area contributed by atoms with Gasteiger partial charge in [-0.25, -0.2) is 0 Å². The molecule has 3 heteroatoms. The largest absolute Gasteiger partial charge is 0.369 e. The highest BCUT2D eigenvalue weighted by Gasteiger charge is 2.20. The van der Waals surface area contributed by atoms with Gasteiger partial charge in [-0.2, -0.15) is 0 Å². The average Bonchev–Trinajstić information content (AvgIpc) is 3.24. The molecule has 2 heterocycles. The van der Waals surface area contributed by atoms with Crippen LogP contribution in [0.1, 0.15) is 24.1 Å². The normalized spacial score (nSPS) is 15.2. The lowest BCUT2D eigenvalue weighted by molar-refractivity contribution is 0.271. The molecule has 0 bridgehead atoms. The molecular weight excluding hydrogens is 366 g/mol. The zero-order valence-electron chi connectivity index (χ0n) is 17.6. The van der Waals surface area contributed by atoms with E-state index in [1.807, 2.05) is 0 Å². The Bertz CT molecular complexity index is 1050. The van der Waals surface area contributed by atoms with Crippen molar-refractivity contribution in [3.05, 3.63) is 102 Å². The van der Waals surface area contributed by atoms with Gasteiger partial charge in [-0.15, -0.1) is 0 Å². The number of aromatic nitrogens is 1. The number of nitrogens with zero attached hydrogens (tertiary/aromatic N) is 3. The highest BCUT2D eigenvalue weighted by Crippen LogP contribution is 2.32. The van der Waals surface area contributed by atoms with E-state index < -0.39 is 0 Å². The lowest BCUT2D eigenvalue weighted by atomic mass is 9.98. The number of likely N-dealkylation sites (N-methyl/N-ethyl adjacent to an activating group) is 1. The van der Waals surface area contributed by atoms with Crippen molar-refractivity contribution < 1.29 is 0 Å². The molecule has 0 aliphatic carbocycles. The molecule has 0 saturated carbocycles. The number of anilines is 1. The van der Waals surface area contributed by atoms with E-state index in [2.05, 4.69) is 112 Å². The predicted molar refractivity (Wildman–Crippen MR) is 126 cm³/mol. The molecule has 3 nitrogen and oxygen atoms in total. The highest BCUT2D eigenvalue weighted by atomic mass is 15.3. The minimum absolute atomic E-state index is 0.164. The van der Waals surface area contributed by atoms with Crippen molar-refractivity contribution >= 4 is 16.6 Å². The summed E-state index contributed by atoms with van der Waals surface area (Å²) in [4.78, 5) is 5.06. The van der Waals surface area contributed by atoms with Crippen LogP contribution in [0, 0.1) is 0 Å². The van der Waals surface area contributed by atoms with Crippen molar-refractivity contribution in [3.8, 4) is 0 Å². The molecular formula is C27H29N3. The molecule has 1 aromatic heterocycles. The predicted octanol–water partition coefficient (Wildman–Crippen LogP) is 5.42. The Morgan fingerprint density at radius 3 is 1.97 bits per heavy atom. The Balaban J connectivity index is 1.57. The summed E-state index contributed by atoms with van der Waals surface area (Å²) in [6.07, 6.45) is 2.24. The zero-order chi connectivity index (χ0) is 20.3. The van der Waals surface area contributed by atoms with Crippen molar-refractivity contribution in [1.82, 2.24) is 9.47 Å². The maximum absolute atomic E-state index is 2.53. The number of benzene rings is 3. The summed E-state index contributed by atoms with van der Waals surface area (Å²) >= 11 is 0. The Morgan fingerprint density at radius 1 is 0.733 bits per heavy atom. The summed E-state index contributed by atoms with van der Waals surface area (Å²) in [5, 5.41) is 1.29. The van der Waals surface area contributed by atoms with Crippen LogP contribution >= 0.6 is 0 Å². The van der Waals surface area contributed by atoms with E-state index in [4.69, 9.17) is 0 Å². The van der Waals surface area contributed by atoms with E-state index in [0.717, 1.165) is 32.7 Å². The number of hydrogen-bond donors (Lipinski definition) is 0. The molecule has 4 aromatic rings. The smallest absolute Gasteiger partial charge is 0.0839 e. The second kappa shape index (κ2) is 8.37. The first kappa shape index (κ1) is 19.0. The molecule has 0 amide bonds. The Labute approximate surface area is 179 Å². The van der Waals surface area contributed by atoms with Crippen molar-refractivity contribution in [2.45, 2.75) is 13.0 Å². The van der Waals surface area contributed by atoms with Crippen LogP contribution in [0.2, 0.25) is 0 Å². The van der Waals surface area contributed by atoms with Crippen LogP contribution in [0.25, 0.3) is 10.9 Å². The lowest BCUT2D eigenvalue weighted by Gasteiger charge is -2.35. The average molecular weight is 396 g/mol. The van der Waals surface area contributed by atoms with Gasteiger partial charge in [0.1, 0.15) is 0 Å². The molecule has 0 unspecified atom stereocenters. The maximum Gasteiger partial charge on any atom is 0.0839 e. The van der Waals surface area contributed by atoms with Gasteiger partial charge in [0.15, 0.2) is 0 Å². The van der Waals surface area contributed by atoms with Crippen molar-refractivity contribution in [3.63, 3.8) is 0 Å². The van der Waals surface area contributed by atoms with Crippen molar-refractivity contribution in [2.75, 3.05) is 37.6 Å². The monoisotopic (exact) mass is 395 g/mol. The third-order valence-corrected chi connectivity index (χ3v) is 6.40. The lowest BCUT2D eigenvalue weighted by Crippen LogP contribution is -2.46.